The maximum atomic E-state index is 5.76. The second-order valence-corrected chi connectivity index (χ2v) is 4.98. The van der Waals surface area contributed by atoms with Gasteiger partial charge in [-0.2, -0.15) is 4.98 Å². The zero-order valence-corrected chi connectivity index (χ0v) is 11.3. The molecule has 1 aromatic rings. The van der Waals surface area contributed by atoms with Crippen molar-refractivity contribution in [3.05, 3.63) is 16.0 Å². The molecule has 0 bridgehead atoms. The van der Waals surface area contributed by atoms with E-state index in [0.29, 0.717) is 6.04 Å². The molecule has 88 valence electrons. The Morgan fingerprint density at radius 2 is 2.38 bits per heavy atom. The molecule has 1 fully saturated rings. The summed E-state index contributed by atoms with van der Waals surface area (Å²) >= 11 is 9.15. The number of methoxy groups -OCH3 is 1. The first-order chi connectivity index (χ1) is 7.70. The number of aromatic nitrogens is 2. The molecule has 0 amide bonds. The fraction of sp³-hybridized carbons (Fsp3) is 0.600. The van der Waals surface area contributed by atoms with E-state index in [2.05, 4.69) is 31.2 Å². The van der Waals surface area contributed by atoms with Crippen LogP contribution in [0.1, 0.15) is 19.3 Å². The molecule has 1 saturated carbocycles. The van der Waals surface area contributed by atoms with Crippen LogP contribution in [0.5, 0.6) is 0 Å². The Morgan fingerprint density at radius 3 is 3.12 bits per heavy atom. The molecule has 0 aliphatic heterocycles. The summed E-state index contributed by atoms with van der Waals surface area (Å²) in [6, 6.07) is 0.298. The van der Waals surface area contributed by atoms with Crippen LogP contribution in [0.2, 0.25) is 5.28 Å². The van der Waals surface area contributed by atoms with E-state index in [0.717, 1.165) is 23.1 Å². The zero-order valence-electron chi connectivity index (χ0n) is 8.91. The van der Waals surface area contributed by atoms with Crippen molar-refractivity contribution in [2.24, 2.45) is 0 Å². The van der Waals surface area contributed by atoms with Gasteiger partial charge in [-0.3, -0.25) is 0 Å². The normalized spacial score (nSPS) is 24.7. The minimum atomic E-state index is 0.248. The van der Waals surface area contributed by atoms with Crippen LogP contribution in [-0.2, 0) is 4.74 Å². The molecule has 1 N–H and O–H groups in total. The third-order valence-electron chi connectivity index (χ3n) is 2.79. The highest BCUT2D eigenvalue weighted by Crippen LogP contribution is 2.27. The van der Waals surface area contributed by atoms with Crippen molar-refractivity contribution in [3.63, 3.8) is 0 Å². The molecule has 4 nitrogen and oxygen atoms in total. The minimum absolute atomic E-state index is 0.248. The topological polar surface area (TPSA) is 47.0 Å². The molecule has 1 aliphatic carbocycles. The fourth-order valence-corrected chi connectivity index (χ4v) is 2.43. The Labute approximate surface area is 108 Å². The summed E-state index contributed by atoms with van der Waals surface area (Å²) in [6.45, 7) is 0. The van der Waals surface area contributed by atoms with Gasteiger partial charge in [0.05, 0.1) is 16.6 Å². The van der Waals surface area contributed by atoms with Crippen molar-refractivity contribution in [1.29, 1.82) is 0 Å². The standard InChI is InChI=1S/C10H13BrClN3O/c1-16-8-4-2-3-7(8)14-9-6(11)5-13-10(12)15-9/h5,7-8H,2-4H2,1H3,(H,13,14,15). The van der Waals surface area contributed by atoms with Gasteiger partial charge in [-0.05, 0) is 46.8 Å². The van der Waals surface area contributed by atoms with Crippen LogP contribution in [0.15, 0.2) is 10.7 Å². The van der Waals surface area contributed by atoms with Crippen LogP contribution in [0.4, 0.5) is 5.82 Å². The lowest BCUT2D eigenvalue weighted by atomic mass is 10.2. The Hall–Kier alpha value is -0.390. The second kappa shape index (κ2) is 5.29. The van der Waals surface area contributed by atoms with Crippen LogP contribution in [0, 0.1) is 0 Å². The second-order valence-electron chi connectivity index (χ2n) is 3.79. The third kappa shape index (κ3) is 2.64. The molecule has 0 spiro atoms. The number of hydrogen-bond acceptors (Lipinski definition) is 4. The van der Waals surface area contributed by atoms with Crippen LogP contribution < -0.4 is 5.32 Å². The highest BCUT2D eigenvalue weighted by molar-refractivity contribution is 9.10. The van der Waals surface area contributed by atoms with Crippen LogP contribution in [0.25, 0.3) is 0 Å². The first kappa shape index (κ1) is 12.1. The third-order valence-corrected chi connectivity index (χ3v) is 3.55. The molecular formula is C10H13BrClN3O. The van der Waals surface area contributed by atoms with Gasteiger partial charge in [0.2, 0.25) is 5.28 Å². The Kier molecular flexibility index (Phi) is 4.00. The number of anilines is 1. The summed E-state index contributed by atoms with van der Waals surface area (Å²) in [5.41, 5.74) is 0. The van der Waals surface area contributed by atoms with E-state index < -0.39 is 0 Å². The smallest absolute Gasteiger partial charge is 0.224 e. The molecule has 16 heavy (non-hydrogen) atoms. The lowest BCUT2D eigenvalue weighted by Crippen LogP contribution is -2.30. The number of hydrogen-bond donors (Lipinski definition) is 1. The highest BCUT2D eigenvalue weighted by Gasteiger charge is 2.27. The van der Waals surface area contributed by atoms with Crippen LogP contribution in [-0.4, -0.2) is 29.2 Å². The number of halogens is 2. The molecule has 1 heterocycles. The number of nitrogens with zero attached hydrogens (tertiary/aromatic N) is 2. The Bertz CT molecular complexity index is 377. The van der Waals surface area contributed by atoms with Crippen LogP contribution in [0.3, 0.4) is 0 Å². The van der Waals surface area contributed by atoms with E-state index in [9.17, 15) is 0 Å². The largest absolute Gasteiger partial charge is 0.379 e. The molecule has 0 saturated heterocycles. The van der Waals surface area contributed by atoms with E-state index in [1.807, 2.05) is 0 Å². The van der Waals surface area contributed by atoms with E-state index in [1.54, 1.807) is 13.3 Å². The van der Waals surface area contributed by atoms with Gasteiger partial charge < -0.3 is 10.1 Å². The van der Waals surface area contributed by atoms with E-state index in [4.69, 9.17) is 16.3 Å². The van der Waals surface area contributed by atoms with Crippen molar-refractivity contribution < 1.29 is 4.74 Å². The molecule has 1 aliphatic rings. The van der Waals surface area contributed by atoms with Gasteiger partial charge in [-0.1, -0.05) is 0 Å². The average Bonchev–Trinajstić information content (AvgIpc) is 2.71. The van der Waals surface area contributed by atoms with Gasteiger partial charge in [0, 0.05) is 13.3 Å². The summed E-state index contributed by atoms with van der Waals surface area (Å²) in [6.07, 6.45) is 5.25. The predicted octanol–water partition coefficient (Wildman–Crippen LogP) is 2.87. The zero-order chi connectivity index (χ0) is 11.5. The lowest BCUT2D eigenvalue weighted by Gasteiger charge is -2.20. The minimum Gasteiger partial charge on any atom is -0.379 e. The van der Waals surface area contributed by atoms with E-state index in [-0.39, 0.29) is 11.4 Å². The summed E-state index contributed by atoms with van der Waals surface area (Å²) < 4.78 is 6.23. The Morgan fingerprint density at radius 1 is 1.56 bits per heavy atom. The molecule has 0 radical (unpaired) electrons. The maximum Gasteiger partial charge on any atom is 0.224 e. The molecule has 2 rings (SSSR count). The number of ether oxygens (including phenoxy) is 1. The maximum absolute atomic E-state index is 5.76. The van der Waals surface area contributed by atoms with Gasteiger partial charge in [0.25, 0.3) is 0 Å². The van der Waals surface area contributed by atoms with Crippen molar-refractivity contribution >= 4 is 33.3 Å². The van der Waals surface area contributed by atoms with Gasteiger partial charge in [0.1, 0.15) is 5.82 Å². The van der Waals surface area contributed by atoms with Crippen molar-refractivity contribution in [3.8, 4) is 0 Å². The van der Waals surface area contributed by atoms with Crippen molar-refractivity contribution in [1.82, 2.24) is 9.97 Å². The summed E-state index contributed by atoms with van der Waals surface area (Å²) in [5, 5.41) is 3.59. The monoisotopic (exact) mass is 305 g/mol. The van der Waals surface area contributed by atoms with Gasteiger partial charge in [-0.25, -0.2) is 4.98 Å². The highest BCUT2D eigenvalue weighted by atomic mass is 79.9. The number of nitrogens with one attached hydrogen (secondary N) is 1. The average molecular weight is 307 g/mol. The lowest BCUT2D eigenvalue weighted by molar-refractivity contribution is 0.101. The molecule has 1 aromatic heterocycles. The quantitative estimate of drug-likeness (QED) is 0.872. The van der Waals surface area contributed by atoms with E-state index in [1.165, 1.54) is 6.42 Å². The molecule has 2 atom stereocenters. The van der Waals surface area contributed by atoms with Gasteiger partial charge >= 0.3 is 0 Å². The van der Waals surface area contributed by atoms with E-state index >= 15 is 0 Å². The molecule has 6 heteroatoms. The Balaban J connectivity index is 2.11. The molecule has 2 unspecified atom stereocenters. The first-order valence-corrected chi connectivity index (χ1v) is 6.35. The summed E-state index contributed by atoms with van der Waals surface area (Å²) in [4.78, 5) is 8.04. The van der Waals surface area contributed by atoms with Gasteiger partial charge in [-0.15, -0.1) is 0 Å². The summed E-state index contributed by atoms with van der Waals surface area (Å²) in [5.74, 6) is 0.731. The predicted molar refractivity (Wildman–Crippen MR) is 66.8 cm³/mol. The van der Waals surface area contributed by atoms with Crippen molar-refractivity contribution in [2.45, 2.75) is 31.4 Å². The van der Waals surface area contributed by atoms with Crippen molar-refractivity contribution in [2.75, 3.05) is 12.4 Å². The van der Waals surface area contributed by atoms with Gasteiger partial charge in [0.15, 0.2) is 0 Å². The molecular weight excluding hydrogens is 293 g/mol. The number of rotatable bonds is 3. The fourth-order valence-electron chi connectivity index (χ4n) is 2.00. The summed E-state index contributed by atoms with van der Waals surface area (Å²) in [7, 11) is 1.74. The first-order valence-electron chi connectivity index (χ1n) is 5.18. The molecule has 0 aromatic carbocycles. The van der Waals surface area contributed by atoms with Crippen LogP contribution >= 0.6 is 27.5 Å². The SMILES string of the molecule is COC1CCCC1Nc1nc(Cl)ncc1Br.